The number of hydrogen-bond donors (Lipinski definition) is 1. The SMILES string of the molecule is COc1cc2nc(N3CCCN(C(=O)N4CCOCC4)CC3)[nH]c(=O)c2c(OC)c1OC. The smallest absolute Gasteiger partial charge is 0.320 e. The van der Waals surface area contributed by atoms with E-state index in [1.54, 1.807) is 6.07 Å². The number of methoxy groups -OCH3 is 3. The molecule has 1 aromatic heterocycles. The minimum Gasteiger partial charge on any atom is -0.493 e. The second-order valence-corrected chi connectivity index (χ2v) is 7.64. The first-order valence-electron chi connectivity index (χ1n) is 10.7. The molecule has 2 aliphatic rings. The number of benzene rings is 1. The Bertz CT molecular complexity index is 1040. The van der Waals surface area contributed by atoms with E-state index >= 15 is 0 Å². The Kier molecular flexibility index (Phi) is 6.54. The third-order valence-corrected chi connectivity index (χ3v) is 5.84. The summed E-state index contributed by atoms with van der Waals surface area (Å²) in [7, 11) is 4.48. The third-order valence-electron chi connectivity index (χ3n) is 5.84. The summed E-state index contributed by atoms with van der Waals surface area (Å²) >= 11 is 0. The number of aromatic nitrogens is 2. The Labute approximate surface area is 185 Å². The topological polar surface area (TPSA) is 109 Å². The maximum Gasteiger partial charge on any atom is 0.320 e. The van der Waals surface area contributed by atoms with Crippen molar-refractivity contribution < 1.29 is 23.7 Å². The standard InChI is InChI=1S/C21H29N5O6/c1-29-15-13-14-16(18(31-3)17(15)30-2)19(27)23-20(22-14)24-5-4-6-25(8-7-24)21(28)26-9-11-32-12-10-26/h13H,4-12H2,1-3H3,(H,22,23,27). The fourth-order valence-electron chi connectivity index (χ4n) is 4.18. The van der Waals surface area contributed by atoms with E-state index in [4.69, 9.17) is 18.9 Å². The maximum absolute atomic E-state index is 13.0. The summed E-state index contributed by atoms with van der Waals surface area (Å²) in [6, 6.07) is 1.71. The van der Waals surface area contributed by atoms with Gasteiger partial charge in [-0.3, -0.25) is 9.78 Å². The van der Waals surface area contributed by atoms with E-state index in [0.717, 1.165) is 6.42 Å². The molecule has 2 saturated heterocycles. The molecule has 2 aliphatic heterocycles. The molecule has 1 aromatic carbocycles. The Balaban J connectivity index is 1.59. The molecule has 32 heavy (non-hydrogen) atoms. The van der Waals surface area contributed by atoms with Crippen LogP contribution in [0.4, 0.5) is 10.7 Å². The van der Waals surface area contributed by atoms with Gasteiger partial charge in [0, 0.05) is 45.3 Å². The summed E-state index contributed by atoms with van der Waals surface area (Å²) in [5.41, 5.74) is 0.122. The summed E-state index contributed by atoms with van der Waals surface area (Å²) in [5, 5.41) is 0.299. The van der Waals surface area contributed by atoms with Crippen LogP contribution in [0.15, 0.2) is 10.9 Å². The van der Waals surface area contributed by atoms with Crippen LogP contribution >= 0.6 is 0 Å². The molecule has 0 unspecified atom stereocenters. The van der Waals surface area contributed by atoms with E-state index in [2.05, 4.69) is 9.97 Å². The Morgan fingerprint density at radius 2 is 1.69 bits per heavy atom. The van der Waals surface area contributed by atoms with Gasteiger partial charge in [-0.15, -0.1) is 0 Å². The largest absolute Gasteiger partial charge is 0.493 e. The number of H-pyrrole nitrogens is 1. The van der Waals surface area contributed by atoms with Crippen molar-refractivity contribution in [3.63, 3.8) is 0 Å². The molecule has 0 spiro atoms. The van der Waals surface area contributed by atoms with Crippen LogP contribution in [-0.4, -0.2) is 99.6 Å². The molecule has 0 radical (unpaired) electrons. The quantitative estimate of drug-likeness (QED) is 0.737. The predicted molar refractivity (Wildman–Crippen MR) is 118 cm³/mol. The number of hydrogen-bond acceptors (Lipinski definition) is 8. The normalized spacial score (nSPS) is 17.3. The van der Waals surface area contributed by atoms with E-state index in [1.807, 2.05) is 14.7 Å². The van der Waals surface area contributed by atoms with Gasteiger partial charge >= 0.3 is 6.03 Å². The predicted octanol–water partition coefficient (Wildman–Crippen LogP) is 0.913. The molecule has 0 saturated carbocycles. The summed E-state index contributed by atoms with van der Waals surface area (Å²) in [6.07, 6.45) is 0.771. The van der Waals surface area contributed by atoms with Crippen LogP contribution < -0.4 is 24.7 Å². The molecule has 1 N–H and O–H groups in total. The van der Waals surface area contributed by atoms with Crippen molar-refractivity contribution in [1.82, 2.24) is 19.8 Å². The summed E-state index contributed by atoms with van der Waals surface area (Å²) < 4.78 is 21.6. The van der Waals surface area contributed by atoms with Crippen molar-refractivity contribution in [2.24, 2.45) is 0 Å². The minimum atomic E-state index is -0.326. The first-order chi connectivity index (χ1) is 15.6. The van der Waals surface area contributed by atoms with Crippen LogP contribution in [0.5, 0.6) is 17.2 Å². The highest BCUT2D eigenvalue weighted by atomic mass is 16.5. The highest BCUT2D eigenvalue weighted by Gasteiger charge is 2.26. The van der Waals surface area contributed by atoms with E-state index < -0.39 is 0 Å². The molecule has 4 rings (SSSR count). The van der Waals surface area contributed by atoms with Gasteiger partial charge in [0.2, 0.25) is 11.7 Å². The minimum absolute atomic E-state index is 0.0386. The van der Waals surface area contributed by atoms with Crippen molar-refractivity contribution >= 4 is 22.9 Å². The number of aromatic amines is 1. The number of amides is 2. The van der Waals surface area contributed by atoms with Gasteiger partial charge in [0.25, 0.3) is 5.56 Å². The lowest BCUT2D eigenvalue weighted by Gasteiger charge is -2.32. The number of nitrogens with one attached hydrogen (secondary N) is 1. The number of anilines is 1. The van der Waals surface area contributed by atoms with Crippen LogP contribution in [0.3, 0.4) is 0 Å². The average molecular weight is 447 g/mol. The van der Waals surface area contributed by atoms with E-state index in [1.165, 1.54) is 21.3 Å². The zero-order valence-corrected chi connectivity index (χ0v) is 18.7. The van der Waals surface area contributed by atoms with Crippen LogP contribution in [0, 0.1) is 0 Å². The fourth-order valence-corrected chi connectivity index (χ4v) is 4.18. The first kappa shape index (κ1) is 22.0. The number of ether oxygens (including phenoxy) is 4. The summed E-state index contributed by atoms with van der Waals surface area (Å²) in [4.78, 5) is 39.1. The van der Waals surface area contributed by atoms with Gasteiger partial charge in [0.15, 0.2) is 11.5 Å². The molecule has 11 nitrogen and oxygen atoms in total. The van der Waals surface area contributed by atoms with Gasteiger partial charge < -0.3 is 33.6 Å². The molecule has 2 amide bonds. The second-order valence-electron chi connectivity index (χ2n) is 7.64. The zero-order chi connectivity index (χ0) is 22.7. The van der Waals surface area contributed by atoms with E-state index in [0.29, 0.717) is 80.8 Å². The summed E-state index contributed by atoms with van der Waals surface area (Å²) in [5.74, 6) is 1.51. The lowest BCUT2D eigenvalue weighted by Crippen LogP contribution is -2.49. The summed E-state index contributed by atoms with van der Waals surface area (Å²) in [6.45, 7) is 4.83. The van der Waals surface area contributed by atoms with Crippen molar-refractivity contribution in [2.75, 3.05) is 78.7 Å². The van der Waals surface area contributed by atoms with Gasteiger partial charge in [-0.2, -0.15) is 0 Å². The highest BCUT2D eigenvalue weighted by molar-refractivity contribution is 5.90. The average Bonchev–Trinajstić information content (AvgIpc) is 3.09. The van der Waals surface area contributed by atoms with Crippen LogP contribution in [0.2, 0.25) is 0 Å². The number of urea groups is 1. The van der Waals surface area contributed by atoms with Crippen molar-refractivity contribution in [2.45, 2.75) is 6.42 Å². The van der Waals surface area contributed by atoms with E-state index in [9.17, 15) is 9.59 Å². The van der Waals surface area contributed by atoms with Gasteiger partial charge in [-0.05, 0) is 6.42 Å². The Hall–Kier alpha value is -3.21. The third kappa shape index (κ3) is 4.12. The molecule has 2 aromatic rings. The van der Waals surface area contributed by atoms with Crippen molar-refractivity contribution in [3.05, 3.63) is 16.4 Å². The molecular weight excluding hydrogens is 418 g/mol. The molecule has 3 heterocycles. The van der Waals surface area contributed by atoms with Crippen LogP contribution in [0.25, 0.3) is 10.9 Å². The number of carbonyl (C=O) groups is 1. The molecular formula is C21H29N5O6. The number of fused-ring (bicyclic) bond motifs is 1. The second kappa shape index (κ2) is 9.51. The van der Waals surface area contributed by atoms with Crippen molar-refractivity contribution in [1.29, 1.82) is 0 Å². The molecule has 2 fully saturated rings. The number of morpholine rings is 1. The van der Waals surface area contributed by atoms with Crippen LogP contribution in [-0.2, 0) is 4.74 Å². The van der Waals surface area contributed by atoms with E-state index in [-0.39, 0.29) is 17.3 Å². The van der Waals surface area contributed by atoms with Gasteiger partial charge in [-0.25, -0.2) is 9.78 Å². The molecule has 0 atom stereocenters. The first-order valence-corrected chi connectivity index (χ1v) is 10.7. The Morgan fingerprint density at radius 3 is 2.38 bits per heavy atom. The van der Waals surface area contributed by atoms with Gasteiger partial charge in [0.1, 0.15) is 5.39 Å². The molecule has 0 aliphatic carbocycles. The monoisotopic (exact) mass is 447 g/mol. The molecule has 174 valence electrons. The maximum atomic E-state index is 13.0. The highest BCUT2D eigenvalue weighted by Crippen LogP contribution is 2.41. The molecule has 0 bridgehead atoms. The molecule has 11 heteroatoms. The number of carbonyl (C=O) groups excluding carboxylic acids is 1. The number of rotatable bonds is 4. The lowest BCUT2D eigenvalue weighted by molar-refractivity contribution is 0.0438. The van der Waals surface area contributed by atoms with Gasteiger partial charge in [-0.1, -0.05) is 0 Å². The number of nitrogens with zero attached hydrogens (tertiary/aromatic N) is 4. The van der Waals surface area contributed by atoms with Gasteiger partial charge in [0.05, 0.1) is 40.1 Å². The van der Waals surface area contributed by atoms with Crippen LogP contribution in [0.1, 0.15) is 6.42 Å². The lowest BCUT2D eigenvalue weighted by atomic mass is 10.2. The Morgan fingerprint density at radius 1 is 0.969 bits per heavy atom. The zero-order valence-electron chi connectivity index (χ0n) is 18.7. The van der Waals surface area contributed by atoms with Crippen molar-refractivity contribution in [3.8, 4) is 17.2 Å². The fraction of sp³-hybridized carbons (Fsp3) is 0.571.